The highest BCUT2D eigenvalue weighted by Gasteiger charge is 2.44. The monoisotopic (exact) mass is 634 g/mol. The Bertz CT molecular complexity index is 1550. The minimum Gasteiger partial charge on any atom is -0.490 e. The van der Waals surface area contributed by atoms with Crippen molar-refractivity contribution >= 4 is 27.1 Å². The van der Waals surface area contributed by atoms with Gasteiger partial charge in [-0.05, 0) is 99.5 Å². The van der Waals surface area contributed by atoms with E-state index in [1.807, 2.05) is 26.2 Å². The van der Waals surface area contributed by atoms with Crippen LogP contribution in [0.5, 0.6) is 5.75 Å². The molecule has 1 spiro atoms. The molecule has 2 aromatic carbocycles. The molecule has 8 heteroatoms. The van der Waals surface area contributed by atoms with Crippen LogP contribution in [0, 0.1) is 18.8 Å². The molecule has 0 saturated heterocycles. The molecule has 0 radical (unpaired) electrons. The van der Waals surface area contributed by atoms with Gasteiger partial charge in [0.05, 0.1) is 33.9 Å². The molecule has 4 aliphatic rings. The van der Waals surface area contributed by atoms with E-state index in [-0.39, 0.29) is 28.8 Å². The molecule has 45 heavy (non-hydrogen) atoms. The summed E-state index contributed by atoms with van der Waals surface area (Å²) in [6, 6.07) is 12.4. The maximum absolute atomic E-state index is 14.1. The quantitative estimate of drug-likeness (QED) is 0.350. The minimum atomic E-state index is -3.02. The van der Waals surface area contributed by atoms with Gasteiger partial charge in [-0.2, -0.15) is 4.36 Å². The Morgan fingerprint density at radius 2 is 1.98 bits per heavy atom. The maximum Gasteiger partial charge on any atom is 0.285 e. The molecule has 6 rings (SSSR count). The van der Waals surface area contributed by atoms with E-state index in [1.54, 1.807) is 6.07 Å². The van der Waals surface area contributed by atoms with E-state index in [1.165, 1.54) is 29.5 Å². The van der Waals surface area contributed by atoms with Crippen LogP contribution in [0.25, 0.3) is 0 Å². The third-order valence-electron chi connectivity index (χ3n) is 10.8. The number of carbonyl (C=O) groups is 2. The first-order valence-electron chi connectivity index (χ1n) is 17.2. The first-order valence-corrected chi connectivity index (χ1v) is 19.0. The van der Waals surface area contributed by atoms with E-state index in [9.17, 15) is 13.8 Å². The van der Waals surface area contributed by atoms with Gasteiger partial charge in [0, 0.05) is 43.4 Å². The Balaban J connectivity index is 1.41. The van der Waals surface area contributed by atoms with Crippen molar-refractivity contribution in [3.05, 3.63) is 58.7 Å². The fourth-order valence-corrected chi connectivity index (χ4v) is 10.3. The lowest BCUT2D eigenvalue weighted by molar-refractivity contribution is -0.116. The summed E-state index contributed by atoms with van der Waals surface area (Å²) in [6.07, 6.45) is 10.3. The van der Waals surface area contributed by atoms with Crippen LogP contribution >= 0.6 is 0 Å². The predicted molar refractivity (Wildman–Crippen MR) is 180 cm³/mol. The van der Waals surface area contributed by atoms with Gasteiger partial charge in [0.2, 0.25) is 0 Å². The molecule has 2 aromatic rings. The van der Waals surface area contributed by atoms with Crippen molar-refractivity contribution < 1.29 is 23.3 Å². The smallest absolute Gasteiger partial charge is 0.285 e. The standard InChI is InChI=1S/C37H50N2O5S/c1-4-9-30(40)23-45(42)19-7-5-6-11-34(43-3)31-15-13-29(31)22-39-24-37(18-8-10-27-20-26(2)12-16-32(27)37)25-44-35-17-14-28(21-33(35)39)36(41)38-45/h12,14,16-17,20-21,29,31,34H,4-11,13,15,18-19,22-25H2,1-3H3/t29-,31+,34-,37-,45-/m0/s1. The van der Waals surface area contributed by atoms with Crippen LogP contribution in [0.4, 0.5) is 5.69 Å². The van der Waals surface area contributed by atoms with Gasteiger partial charge in [-0.3, -0.25) is 9.59 Å². The van der Waals surface area contributed by atoms with Crippen LogP contribution in [-0.4, -0.2) is 60.3 Å². The van der Waals surface area contributed by atoms with Gasteiger partial charge < -0.3 is 14.4 Å². The van der Waals surface area contributed by atoms with Crippen molar-refractivity contribution in [2.75, 3.05) is 43.2 Å². The third kappa shape index (κ3) is 6.87. The highest BCUT2D eigenvalue weighted by molar-refractivity contribution is 7.94. The summed E-state index contributed by atoms with van der Waals surface area (Å²) in [4.78, 5) is 28.8. The third-order valence-corrected chi connectivity index (χ3v) is 13.0. The number of hydrogen-bond acceptors (Lipinski definition) is 6. The number of aryl methyl sites for hydroxylation is 2. The largest absolute Gasteiger partial charge is 0.490 e. The van der Waals surface area contributed by atoms with Gasteiger partial charge in [0.25, 0.3) is 5.91 Å². The van der Waals surface area contributed by atoms with Gasteiger partial charge in [-0.1, -0.05) is 43.5 Å². The van der Waals surface area contributed by atoms with Gasteiger partial charge in [0.1, 0.15) is 11.5 Å². The molecule has 0 N–H and O–H groups in total. The van der Waals surface area contributed by atoms with Gasteiger partial charge in [0.15, 0.2) is 0 Å². The Labute approximate surface area is 269 Å². The van der Waals surface area contributed by atoms with Crippen molar-refractivity contribution in [2.45, 2.75) is 96.0 Å². The highest BCUT2D eigenvalue weighted by atomic mass is 32.2. The van der Waals surface area contributed by atoms with Crippen molar-refractivity contribution in [2.24, 2.45) is 16.2 Å². The number of ether oxygens (including phenoxy) is 2. The lowest BCUT2D eigenvalue weighted by Crippen LogP contribution is -2.49. The topological polar surface area (TPSA) is 85.3 Å². The summed E-state index contributed by atoms with van der Waals surface area (Å²) < 4.78 is 31.2. The summed E-state index contributed by atoms with van der Waals surface area (Å²) in [5, 5.41) is 0. The van der Waals surface area contributed by atoms with Gasteiger partial charge >= 0.3 is 0 Å². The highest BCUT2D eigenvalue weighted by Crippen LogP contribution is 2.47. The van der Waals surface area contributed by atoms with E-state index >= 15 is 0 Å². The Morgan fingerprint density at radius 3 is 2.76 bits per heavy atom. The number of nitrogens with zero attached hydrogens (tertiary/aromatic N) is 2. The predicted octanol–water partition coefficient (Wildman–Crippen LogP) is 7.06. The Kier molecular flexibility index (Phi) is 9.72. The zero-order valence-electron chi connectivity index (χ0n) is 27.4. The molecular weight excluding hydrogens is 584 g/mol. The van der Waals surface area contributed by atoms with Crippen molar-refractivity contribution in [1.82, 2.24) is 0 Å². The number of amides is 1. The van der Waals surface area contributed by atoms with Crippen molar-refractivity contribution in [3.8, 4) is 5.75 Å². The lowest BCUT2D eigenvalue weighted by Gasteiger charge is -2.46. The molecular formula is C37H50N2O5S. The molecule has 2 aliphatic carbocycles. The molecule has 1 amide bonds. The Hall–Kier alpha value is -2.71. The number of methoxy groups -OCH3 is 1. The van der Waals surface area contributed by atoms with Crippen molar-refractivity contribution in [1.29, 1.82) is 0 Å². The molecule has 5 atom stereocenters. The fourth-order valence-electron chi connectivity index (χ4n) is 8.31. The van der Waals surface area contributed by atoms with Crippen molar-refractivity contribution in [3.63, 3.8) is 0 Å². The summed E-state index contributed by atoms with van der Waals surface area (Å²) >= 11 is 0. The summed E-state index contributed by atoms with van der Waals surface area (Å²) in [5.41, 5.74) is 5.27. The maximum atomic E-state index is 14.1. The number of ketones is 1. The van der Waals surface area contributed by atoms with Crippen LogP contribution in [0.1, 0.15) is 98.2 Å². The molecule has 2 aliphatic heterocycles. The van der Waals surface area contributed by atoms with Crippen LogP contribution in [-0.2, 0) is 31.1 Å². The average molecular weight is 635 g/mol. The molecule has 7 nitrogen and oxygen atoms in total. The van der Waals surface area contributed by atoms with E-state index in [4.69, 9.17) is 9.47 Å². The van der Waals surface area contributed by atoms with E-state index in [2.05, 4.69) is 34.4 Å². The molecule has 2 bridgehead atoms. The second kappa shape index (κ2) is 13.6. The first-order chi connectivity index (χ1) is 21.7. The Morgan fingerprint density at radius 1 is 1.11 bits per heavy atom. The number of hydrogen-bond donors (Lipinski definition) is 0. The number of Topliss-reactive ketones (excluding diaryl/α,β-unsaturated/α-hetero) is 1. The number of rotatable bonds is 5. The first kappa shape index (κ1) is 32.2. The zero-order valence-corrected chi connectivity index (χ0v) is 28.2. The van der Waals surface area contributed by atoms with E-state index in [0.717, 1.165) is 63.1 Å². The molecule has 1 fully saturated rings. The van der Waals surface area contributed by atoms with E-state index in [0.29, 0.717) is 43.3 Å². The number of carbonyl (C=O) groups excluding carboxylic acids is 2. The summed E-state index contributed by atoms with van der Waals surface area (Å²) in [6.45, 7) is 6.38. The summed E-state index contributed by atoms with van der Waals surface area (Å²) in [5.74, 6) is 1.29. The second-order valence-electron chi connectivity index (χ2n) is 14.1. The van der Waals surface area contributed by atoms with Crippen LogP contribution in [0.3, 0.4) is 0 Å². The summed E-state index contributed by atoms with van der Waals surface area (Å²) in [7, 11) is -1.18. The second-order valence-corrected chi connectivity index (χ2v) is 16.5. The number of anilines is 1. The fraction of sp³-hybridized carbons (Fsp3) is 0.622. The molecule has 2 heterocycles. The SMILES string of the molecule is CCCC(=O)C[S@]1(=O)=NC(=O)c2ccc3c(c2)N(C[C@@H]2CC[C@H]2[C@@H](OC)CCCCC1)C[C@@]1(CCCc2cc(C)ccc21)CO3. The van der Waals surface area contributed by atoms with Gasteiger partial charge in [-0.15, -0.1) is 0 Å². The van der Waals surface area contributed by atoms with Gasteiger partial charge in [-0.25, -0.2) is 4.21 Å². The minimum absolute atomic E-state index is 0.0846. The molecule has 0 aromatic heterocycles. The number of benzene rings is 2. The van der Waals surface area contributed by atoms with Crippen LogP contribution in [0.15, 0.2) is 40.8 Å². The van der Waals surface area contributed by atoms with Crippen LogP contribution < -0.4 is 9.64 Å². The van der Waals surface area contributed by atoms with Crippen LogP contribution in [0.2, 0.25) is 0 Å². The van der Waals surface area contributed by atoms with E-state index < -0.39 is 15.6 Å². The lowest BCUT2D eigenvalue weighted by atomic mass is 9.68. The molecule has 244 valence electrons. The normalized spacial score (nSPS) is 30.2. The average Bonchev–Trinajstić information content (AvgIpc) is 3.14. The molecule has 1 saturated carbocycles. The molecule has 0 unspecified atom stereocenters. The zero-order chi connectivity index (χ0) is 31.6. The number of fused-ring (bicyclic) bond motifs is 4.